The van der Waals surface area contributed by atoms with E-state index in [2.05, 4.69) is 29.6 Å². The molecule has 0 aliphatic carbocycles. The maximum atomic E-state index is 6.04. The third-order valence-corrected chi connectivity index (χ3v) is 6.37. The molecule has 140 valence electrons. The van der Waals surface area contributed by atoms with Crippen LogP contribution < -0.4 is 0 Å². The lowest BCUT2D eigenvalue weighted by Gasteiger charge is -2.15. The molecule has 3 heterocycles. The fourth-order valence-corrected chi connectivity index (χ4v) is 3.80. The van der Waals surface area contributed by atoms with Crippen LogP contribution in [0.15, 0.2) is 43.0 Å². The first kappa shape index (κ1) is 18.2. The Balaban J connectivity index is 1.56. The highest BCUT2D eigenvalue weighted by molar-refractivity contribution is 6.76. The minimum Gasteiger partial charge on any atom is -0.361 e. The Kier molecular flexibility index (Phi) is 4.75. The van der Waals surface area contributed by atoms with E-state index in [-0.39, 0.29) is 0 Å². The largest absolute Gasteiger partial charge is 0.361 e. The van der Waals surface area contributed by atoms with E-state index in [9.17, 15) is 0 Å². The average Bonchev–Trinajstić information content (AvgIpc) is 3.21. The Bertz CT molecular complexity index is 1100. The number of benzene rings is 1. The van der Waals surface area contributed by atoms with Crippen LogP contribution >= 0.6 is 11.6 Å². The summed E-state index contributed by atoms with van der Waals surface area (Å²) in [4.78, 5) is 13.7. The van der Waals surface area contributed by atoms with E-state index in [1.807, 2.05) is 39.6 Å². The summed E-state index contributed by atoms with van der Waals surface area (Å²) < 4.78 is 9.74. The van der Waals surface area contributed by atoms with Gasteiger partial charge in [-0.05, 0) is 30.3 Å². The van der Waals surface area contributed by atoms with Crippen LogP contribution in [0.4, 0.5) is 0 Å². The molecule has 0 unspecified atom stereocenters. The van der Waals surface area contributed by atoms with Gasteiger partial charge in [-0.1, -0.05) is 31.2 Å². The molecule has 0 saturated heterocycles. The van der Waals surface area contributed by atoms with Crippen LogP contribution in [0.1, 0.15) is 0 Å². The van der Waals surface area contributed by atoms with Crippen molar-refractivity contribution in [1.29, 1.82) is 0 Å². The fraction of sp³-hybridized carbons (Fsp3) is 0.316. The molecule has 6 nitrogen and oxygen atoms in total. The van der Waals surface area contributed by atoms with Gasteiger partial charge in [-0.25, -0.2) is 15.0 Å². The van der Waals surface area contributed by atoms with E-state index >= 15 is 0 Å². The van der Waals surface area contributed by atoms with E-state index < -0.39 is 8.07 Å². The average molecular weight is 400 g/mol. The van der Waals surface area contributed by atoms with Crippen LogP contribution in [-0.4, -0.2) is 38.8 Å². The summed E-state index contributed by atoms with van der Waals surface area (Å²) in [7, 11) is -1.08. The van der Waals surface area contributed by atoms with Crippen molar-refractivity contribution in [3.05, 3.63) is 48.0 Å². The quantitative estimate of drug-likeness (QED) is 0.347. The third-order valence-electron chi connectivity index (χ3n) is 4.43. The first-order valence-corrected chi connectivity index (χ1v) is 13.0. The number of imidazole rings is 1. The predicted molar refractivity (Wildman–Crippen MR) is 111 cm³/mol. The van der Waals surface area contributed by atoms with Gasteiger partial charge in [0, 0.05) is 25.9 Å². The summed E-state index contributed by atoms with van der Waals surface area (Å²) in [6, 6.07) is 8.74. The molecule has 0 N–H and O–H groups in total. The molecular formula is C19H22ClN5OSi. The molecule has 1 aromatic carbocycles. The van der Waals surface area contributed by atoms with E-state index in [1.165, 1.54) is 0 Å². The Hall–Kier alpha value is -2.22. The molecule has 3 aromatic heterocycles. The van der Waals surface area contributed by atoms with Gasteiger partial charge in [-0.2, -0.15) is 0 Å². The van der Waals surface area contributed by atoms with Gasteiger partial charge in [0.25, 0.3) is 0 Å². The molecule has 8 heteroatoms. The summed E-state index contributed by atoms with van der Waals surface area (Å²) in [5.41, 5.74) is 3.43. The van der Waals surface area contributed by atoms with Crippen molar-refractivity contribution in [3.8, 4) is 5.82 Å². The lowest BCUT2D eigenvalue weighted by molar-refractivity contribution is 0.0899. The van der Waals surface area contributed by atoms with Crippen molar-refractivity contribution in [2.75, 3.05) is 6.61 Å². The number of ether oxygens (including phenoxy) is 1. The van der Waals surface area contributed by atoms with Crippen molar-refractivity contribution in [2.45, 2.75) is 32.4 Å². The van der Waals surface area contributed by atoms with Crippen LogP contribution in [-0.2, 0) is 11.5 Å². The molecule has 0 saturated carbocycles. The molecule has 4 aromatic rings. The van der Waals surface area contributed by atoms with Crippen molar-refractivity contribution in [3.63, 3.8) is 0 Å². The molecule has 0 radical (unpaired) electrons. The van der Waals surface area contributed by atoms with E-state index in [1.54, 1.807) is 12.5 Å². The third kappa shape index (κ3) is 3.90. The molecule has 0 aliphatic heterocycles. The van der Waals surface area contributed by atoms with Gasteiger partial charge in [-0.3, -0.25) is 4.57 Å². The van der Waals surface area contributed by atoms with Gasteiger partial charge in [0.05, 0.1) is 17.2 Å². The molecule has 4 rings (SSSR count). The van der Waals surface area contributed by atoms with Crippen molar-refractivity contribution < 1.29 is 4.74 Å². The van der Waals surface area contributed by atoms with Gasteiger partial charge in [0.2, 0.25) is 0 Å². The van der Waals surface area contributed by atoms with Gasteiger partial charge in [0.1, 0.15) is 18.6 Å². The predicted octanol–water partition coefficient (Wildman–Crippen LogP) is 4.74. The van der Waals surface area contributed by atoms with E-state index in [0.29, 0.717) is 11.8 Å². The first-order chi connectivity index (χ1) is 12.9. The highest BCUT2D eigenvalue weighted by Gasteiger charge is 2.13. The van der Waals surface area contributed by atoms with Crippen molar-refractivity contribution in [1.82, 2.24) is 24.1 Å². The number of nitrogens with zero attached hydrogens (tertiary/aromatic N) is 5. The lowest BCUT2D eigenvalue weighted by Crippen LogP contribution is -2.22. The highest BCUT2D eigenvalue weighted by Crippen LogP contribution is 2.22. The van der Waals surface area contributed by atoms with E-state index in [4.69, 9.17) is 21.3 Å². The van der Waals surface area contributed by atoms with Crippen molar-refractivity contribution in [2.24, 2.45) is 0 Å². The zero-order chi connectivity index (χ0) is 19.0. The van der Waals surface area contributed by atoms with Gasteiger partial charge < -0.3 is 9.30 Å². The molecule has 0 spiro atoms. The molecular weight excluding hydrogens is 378 g/mol. The van der Waals surface area contributed by atoms with Crippen LogP contribution in [0.5, 0.6) is 0 Å². The zero-order valence-electron chi connectivity index (χ0n) is 15.7. The summed E-state index contributed by atoms with van der Waals surface area (Å²) >= 11 is 6.04. The SMILES string of the molecule is C[Si](C)(C)CCOCn1ccc2nc(-n3cnc4cc(Cl)ccc43)cnc21. The highest BCUT2D eigenvalue weighted by atomic mass is 35.5. The Labute approximate surface area is 163 Å². The summed E-state index contributed by atoms with van der Waals surface area (Å²) in [5.74, 6) is 0.727. The second-order valence-electron chi connectivity index (χ2n) is 7.82. The molecule has 0 fully saturated rings. The van der Waals surface area contributed by atoms with Crippen LogP contribution in [0.3, 0.4) is 0 Å². The van der Waals surface area contributed by atoms with Gasteiger partial charge in [0.15, 0.2) is 11.5 Å². The normalized spacial score (nSPS) is 12.3. The maximum absolute atomic E-state index is 6.04. The molecule has 0 bridgehead atoms. The van der Waals surface area contributed by atoms with E-state index in [0.717, 1.165) is 40.7 Å². The number of aromatic nitrogens is 5. The van der Waals surface area contributed by atoms with Crippen LogP contribution in [0.25, 0.3) is 28.0 Å². The number of rotatable bonds is 6. The van der Waals surface area contributed by atoms with Gasteiger partial charge >= 0.3 is 0 Å². The van der Waals surface area contributed by atoms with Crippen LogP contribution in [0, 0.1) is 0 Å². The minimum atomic E-state index is -1.08. The summed E-state index contributed by atoms with van der Waals surface area (Å²) in [5, 5.41) is 0.667. The number of hydrogen-bond acceptors (Lipinski definition) is 4. The summed E-state index contributed by atoms with van der Waals surface area (Å²) in [6.45, 7) is 8.32. The summed E-state index contributed by atoms with van der Waals surface area (Å²) in [6.07, 6.45) is 5.47. The first-order valence-electron chi connectivity index (χ1n) is 8.93. The smallest absolute Gasteiger partial charge is 0.160 e. The molecule has 0 aliphatic rings. The Morgan fingerprint density at radius 1 is 1.11 bits per heavy atom. The number of hydrogen-bond donors (Lipinski definition) is 0. The Morgan fingerprint density at radius 2 is 1.96 bits per heavy atom. The Morgan fingerprint density at radius 3 is 2.78 bits per heavy atom. The molecule has 27 heavy (non-hydrogen) atoms. The number of fused-ring (bicyclic) bond motifs is 2. The van der Waals surface area contributed by atoms with Gasteiger partial charge in [-0.15, -0.1) is 0 Å². The second kappa shape index (κ2) is 7.07. The second-order valence-corrected chi connectivity index (χ2v) is 13.9. The molecule has 0 atom stereocenters. The molecule has 0 amide bonds. The standard InChI is InChI=1S/C19H22ClN5OSi/c1-27(2,3)9-8-26-13-24-7-6-15-19(24)21-11-18(23-15)25-12-22-16-10-14(20)4-5-17(16)25/h4-7,10-12H,8-9,13H2,1-3H3. The number of halogens is 1. The monoisotopic (exact) mass is 399 g/mol. The lowest BCUT2D eigenvalue weighted by atomic mass is 10.3. The topological polar surface area (TPSA) is 57.8 Å². The van der Waals surface area contributed by atoms with Crippen LogP contribution in [0.2, 0.25) is 30.7 Å². The maximum Gasteiger partial charge on any atom is 0.160 e. The minimum absolute atomic E-state index is 0.495. The van der Waals surface area contributed by atoms with Crippen molar-refractivity contribution >= 4 is 41.9 Å². The zero-order valence-corrected chi connectivity index (χ0v) is 17.4. The fourth-order valence-electron chi connectivity index (χ4n) is 2.88.